The molecule has 0 atom stereocenters. The lowest BCUT2D eigenvalue weighted by Gasteiger charge is -2.16. The summed E-state index contributed by atoms with van der Waals surface area (Å²) in [7, 11) is -0.572. The van der Waals surface area contributed by atoms with E-state index in [2.05, 4.69) is 5.10 Å². The second-order valence-electron chi connectivity index (χ2n) is 4.78. The summed E-state index contributed by atoms with van der Waals surface area (Å²) in [6, 6.07) is 7.15. The molecule has 2 rings (SSSR count). The number of ether oxygens (including phenoxy) is 1. The highest BCUT2D eigenvalue weighted by molar-refractivity contribution is 7.89. The average molecular weight is 344 g/mol. The Morgan fingerprint density at radius 2 is 2.05 bits per heavy atom. The van der Waals surface area contributed by atoms with E-state index in [9.17, 15) is 8.42 Å². The molecule has 120 valence electrons. The van der Waals surface area contributed by atoms with Crippen LogP contribution in [0, 0.1) is 6.92 Å². The zero-order valence-corrected chi connectivity index (χ0v) is 14.2. The van der Waals surface area contributed by atoms with Gasteiger partial charge in [0.2, 0.25) is 10.0 Å². The number of sulfonamides is 1. The topological polar surface area (TPSA) is 64.4 Å². The Balaban J connectivity index is 2.42. The van der Waals surface area contributed by atoms with Crippen LogP contribution in [0.2, 0.25) is 5.02 Å². The lowest BCUT2D eigenvalue weighted by Crippen LogP contribution is -2.30. The van der Waals surface area contributed by atoms with Crippen molar-refractivity contribution in [2.75, 3.05) is 27.3 Å². The fourth-order valence-electron chi connectivity index (χ4n) is 2.02. The van der Waals surface area contributed by atoms with E-state index >= 15 is 0 Å². The zero-order chi connectivity index (χ0) is 16.3. The molecule has 22 heavy (non-hydrogen) atoms. The minimum Gasteiger partial charge on any atom is -0.383 e. The number of benzene rings is 1. The van der Waals surface area contributed by atoms with E-state index < -0.39 is 10.0 Å². The fraction of sp³-hybridized carbons (Fsp3) is 0.357. The Morgan fingerprint density at radius 1 is 1.36 bits per heavy atom. The van der Waals surface area contributed by atoms with Gasteiger partial charge in [-0.05, 0) is 19.1 Å². The molecule has 0 N–H and O–H groups in total. The number of methoxy groups -OCH3 is 1. The van der Waals surface area contributed by atoms with Gasteiger partial charge in [-0.3, -0.25) is 0 Å². The number of nitrogens with zero attached hydrogens (tertiary/aromatic N) is 3. The SMILES string of the molecule is COCCN(C)S(=O)(=O)c1cnn(-c2ccccc2Cl)c1C. The van der Waals surface area contributed by atoms with Crippen LogP contribution in [0.5, 0.6) is 0 Å². The highest BCUT2D eigenvalue weighted by atomic mass is 35.5. The molecule has 0 saturated heterocycles. The van der Waals surface area contributed by atoms with Gasteiger partial charge < -0.3 is 4.74 Å². The largest absolute Gasteiger partial charge is 0.383 e. The summed E-state index contributed by atoms with van der Waals surface area (Å²) in [5.74, 6) is 0. The van der Waals surface area contributed by atoms with Gasteiger partial charge in [-0.25, -0.2) is 13.1 Å². The third-order valence-corrected chi connectivity index (χ3v) is 5.62. The summed E-state index contributed by atoms with van der Waals surface area (Å²) in [5, 5.41) is 4.68. The Hall–Kier alpha value is -1.41. The van der Waals surface area contributed by atoms with Crippen molar-refractivity contribution in [3.8, 4) is 5.69 Å². The first-order chi connectivity index (χ1) is 10.4. The van der Waals surface area contributed by atoms with Gasteiger partial charge in [0.25, 0.3) is 0 Å². The van der Waals surface area contributed by atoms with Crippen LogP contribution >= 0.6 is 11.6 Å². The van der Waals surface area contributed by atoms with Gasteiger partial charge in [0.15, 0.2) is 0 Å². The van der Waals surface area contributed by atoms with E-state index in [-0.39, 0.29) is 11.4 Å². The van der Waals surface area contributed by atoms with Crippen molar-refractivity contribution in [2.45, 2.75) is 11.8 Å². The maximum atomic E-state index is 12.6. The lowest BCUT2D eigenvalue weighted by atomic mass is 10.3. The Bertz CT molecular complexity index is 758. The van der Waals surface area contributed by atoms with Gasteiger partial charge in [0, 0.05) is 20.7 Å². The van der Waals surface area contributed by atoms with Crippen molar-refractivity contribution in [1.29, 1.82) is 0 Å². The molecule has 0 aliphatic heterocycles. The van der Waals surface area contributed by atoms with Crippen molar-refractivity contribution < 1.29 is 13.2 Å². The third kappa shape index (κ3) is 3.17. The number of halogens is 1. The van der Waals surface area contributed by atoms with Gasteiger partial charge in [-0.15, -0.1) is 0 Å². The zero-order valence-electron chi connectivity index (χ0n) is 12.7. The van der Waals surface area contributed by atoms with E-state index in [1.807, 2.05) is 6.07 Å². The number of hydrogen-bond acceptors (Lipinski definition) is 4. The van der Waals surface area contributed by atoms with E-state index in [4.69, 9.17) is 16.3 Å². The number of aromatic nitrogens is 2. The maximum absolute atomic E-state index is 12.6. The van der Waals surface area contributed by atoms with Crippen LogP contribution in [0.15, 0.2) is 35.4 Å². The first-order valence-corrected chi connectivity index (χ1v) is 8.46. The first-order valence-electron chi connectivity index (χ1n) is 6.64. The molecule has 8 heteroatoms. The minimum absolute atomic E-state index is 0.158. The summed E-state index contributed by atoms with van der Waals surface area (Å²) in [4.78, 5) is 0.158. The van der Waals surface area contributed by atoms with E-state index in [0.29, 0.717) is 23.0 Å². The van der Waals surface area contributed by atoms with Crippen molar-refractivity contribution >= 4 is 21.6 Å². The van der Waals surface area contributed by atoms with Gasteiger partial charge in [-0.2, -0.15) is 9.40 Å². The summed E-state index contributed by atoms with van der Waals surface area (Å²) in [5.41, 5.74) is 1.15. The Morgan fingerprint density at radius 3 is 2.68 bits per heavy atom. The van der Waals surface area contributed by atoms with Crippen molar-refractivity contribution in [3.05, 3.63) is 41.2 Å². The molecule has 0 saturated carbocycles. The predicted molar refractivity (Wildman–Crippen MR) is 85.0 cm³/mol. The number of hydrogen-bond donors (Lipinski definition) is 0. The monoisotopic (exact) mass is 343 g/mol. The third-order valence-electron chi connectivity index (χ3n) is 3.34. The highest BCUT2D eigenvalue weighted by Crippen LogP contribution is 2.25. The molecule has 0 unspecified atom stereocenters. The average Bonchev–Trinajstić information content (AvgIpc) is 2.87. The molecule has 0 amide bonds. The molecular formula is C14H18ClN3O3S. The molecular weight excluding hydrogens is 326 g/mol. The summed E-state index contributed by atoms with van der Waals surface area (Å²) >= 11 is 6.15. The van der Waals surface area contributed by atoms with Crippen LogP contribution in [-0.4, -0.2) is 49.8 Å². The van der Waals surface area contributed by atoms with Crippen molar-refractivity contribution in [3.63, 3.8) is 0 Å². The van der Waals surface area contributed by atoms with E-state index in [1.54, 1.807) is 25.1 Å². The summed E-state index contributed by atoms with van der Waals surface area (Å²) < 4.78 is 32.8. The molecule has 0 aliphatic carbocycles. The first kappa shape index (κ1) is 17.0. The molecule has 0 aliphatic rings. The number of rotatable bonds is 6. The molecule has 1 aromatic carbocycles. The Kier molecular flexibility index (Phi) is 5.23. The van der Waals surface area contributed by atoms with Crippen LogP contribution in [0.1, 0.15) is 5.69 Å². The molecule has 1 aromatic heterocycles. The summed E-state index contributed by atoms with van der Waals surface area (Å²) in [6.07, 6.45) is 1.34. The molecule has 1 heterocycles. The maximum Gasteiger partial charge on any atom is 0.246 e. The van der Waals surface area contributed by atoms with Crippen LogP contribution in [0.4, 0.5) is 0 Å². The van der Waals surface area contributed by atoms with E-state index in [1.165, 1.54) is 29.3 Å². The second kappa shape index (κ2) is 6.78. The normalized spacial score (nSPS) is 12.0. The molecule has 6 nitrogen and oxygen atoms in total. The number of likely N-dealkylation sites (N-methyl/N-ethyl adjacent to an activating group) is 1. The quantitative estimate of drug-likeness (QED) is 0.805. The van der Waals surface area contributed by atoms with Crippen LogP contribution in [0.3, 0.4) is 0 Å². The van der Waals surface area contributed by atoms with Crippen LogP contribution in [0.25, 0.3) is 5.69 Å². The molecule has 0 radical (unpaired) electrons. The molecule has 0 spiro atoms. The minimum atomic E-state index is -3.61. The van der Waals surface area contributed by atoms with Gasteiger partial charge >= 0.3 is 0 Å². The summed E-state index contributed by atoms with van der Waals surface area (Å²) in [6.45, 7) is 2.30. The van der Waals surface area contributed by atoms with Gasteiger partial charge in [-0.1, -0.05) is 23.7 Å². The molecule has 0 fully saturated rings. The highest BCUT2D eigenvalue weighted by Gasteiger charge is 2.26. The van der Waals surface area contributed by atoms with Gasteiger partial charge in [0.1, 0.15) is 4.90 Å². The standard InChI is InChI=1S/C14H18ClN3O3S/c1-11-14(22(19,20)17(2)8-9-21-3)10-16-18(11)13-7-5-4-6-12(13)15/h4-7,10H,8-9H2,1-3H3. The van der Waals surface area contributed by atoms with Crippen molar-refractivity contribution in [2.24, 2.45) is 0 Å². The predicted octanol–water partition coefficient (Wildman–Crippen LogP) is 2.10. The number of para-hydroxylation sites is 1. The van der Waals surface area contributed by atoms with Gasteiger partial charge in [0.05, 0.1) is 29.2 Å². The van der Waals surface area contributed by atoms with Crippen molar-refractivity contribution in [1.82, 2.24) is 14.1 Å². The molecule has 2 aromatic rings. The Labute approximate surface area is 135 Å². The second-order valence-corrected chi connectivity index (χ2v) is 7.20. The molecule has 0 bridgehead atoms. The lowest BCUT2D eigenvalue weighted by molar-refractivity contribution is 0.185. The van der Waals surface area contributed by atoms with E-state index in [0.717, 1.165) is 0 Å². The van der Waals surface area contributed by atoms with Crippen LogP contribution in [-0.2, 0) is 14.8 Å². The van der Waals surface area contributed by atoms with Crippen LogP contribution < -0.4 is 0 Å². The fourth-order valence-corrected chi connectivity index (χ4v) is 3.53. The smallest absolute Gasteiger partial charge is 0.246 e.